The van der Waals surface area contributed by atoms with Gasteiger partial charge in [-0.25, -0.2) is 9.18 Å². The fourth-order valence-corrected chi connectivity index (χ4v) is 1.25. The van der Waals surface area contributed by atoms with E-state index in [-0.39, 0.29) is 24.5 Å². The van der Waals surface area contributed by atoms with Crippen molar-refractivity contribution in [3.63, 3.8) is 0 Å². The minimum absolute atomic E-state index is 0.00167. The number of ether oxygens (including phenoxy) is 2. The van der Waals surface area contributed by atoms with Gasteiger partial charge in [0.1, 0.15) is 6.61 Å². The van der Waals surface area contributed by atoms with Crippen LogP contribution in [0.3, 0.4) is 0 Å². The Morgan fingerprint density at radius 1 is 1.42 bits per heavy atom. The summed E-state index contributed by atoms with van der Waals surface area (Å²) in [6, 6.07) is 1.83. The highest BCUT2D eigenvalue weighted by Crippen LogP contribution is 2.29. The molecule has 0 aliphatic rings. The van der Waals surface area contributed by atoms with E-state index < -0.39 is 24.3 Å². The first-order valence-electron chi connectivity index (χ1n) is 5.10. The predicted octanol–water partition coefficient (Wildman–Crippen LogP) is 1.52. The number of rotatable bonds is 6. The molecule has 19 heavy (non-hydrogen) atoms. The maximum atomic E-state index is 13.2. The number of alkyl halides is 2. The average Bonchev–Trinajstić information content (AvgIpc) is 2.29. The average molecular weight is 279 g/mol. The molecule has 0 aromatic heterocycles. The second kappa shape index (κ2) is 6.57. The zero-order valence-corrected chi connectivity index (χ0v) is 9.66. The second-order valence-electron chi connectivity index (χ2n) is 3.34. The number of primary amides is 1. The normalized spacial score (nSPS) is 10.3. The lowest BCUT2D eigenvalue weighted by molar-refractivity contribution is -0.0521. The smallest absolute Gasteiger partial charge is 0.404 e. The quantitative estimate of drug-likeness (QED) is 0.541. The molecule has 0 heterocycles. The van der Waals surface area contributed by atoms with E-state index in [4.69, 9.17) is 11.5 Å². The van der Waals surface area contributed by atoms with E-state index in [1.165, 1.54) is 0 Å². The third kappa shape index (κ3) is 4.82. The van der Waals surface area contributed by atoms with E-state index in [1.54, 1.807) is 0 Å². The number of amides is 1. The summed E-state index contributed by atoms with van der Waals surface area (Å²) in [5.41, 5.74) is 10.4. The number of nitrogens with one attached hydrogen (secondary N) is 1. The summed E-state index contributed by atoms with van der Waals surface area (Å²) in [7, 11) is 0. The Hall–Kier alpha value is -2.32. The van der Waals surface area contributed by atoms with Crippen LogP contribution in [0.4, 0.5) is 29.3 Å². The van der Waals surface area contributed by atoms with Gasteiger partial charge in [0.15, 0.2) is 11.6 Å². The largest absolute Gasteiger partial charge is 0.448 e. The van der Waals surface area contributed by atoms with Crippen LogP contribution in [-0.4, -0.2) is 25.9 Å². The molecular weight excluding hydrogens is 267 g/mol. The third-order valence-electron chi connectivity index (χ3n) is 1.98. The molecule has 0 atom stereocenters. The Morgan fingerprint density at radius 2 is 2.11 bits per heavy atom. The molecule has 1 rings (SSSR count). The van der Waals surface area contributed by atoms with Crippen molar-refractivity contribution in [2.45, 2.75) is 6.61 Å². The van der Waals surface area contributed by atoms with Gasteiger partial charge in [0, 0.05) is 18.7 Å². The van der Waals surface area contributed by atoms with E-state index in [0.717, 1.165) is 12.1 Å². The van der Waals surface area contributed by atoms with Gasteiger partial charge in [0.2, 0.25) is 0 Å². The number of benzene rings is 1. The van der Waals surface area contributed by atoms with E-state index in [1.807, 2.05) is 0 Å². The Labute approximate surface area is 106 Å². The van der Waals surface area contributed by atoms with Gasteiger partial charge in [0.05, 0.1) is 11.4 Å². The molecule has 0 radical (unpaired) electrons. The van der Waals surface area contributed by atoms with Crippen molar-refractivity contribution in [1.29, 1.82) is 0 Å². The van der Waals surface area contributed by atoms with Crippen molar-refractivity contribution in [3.8, 4) is 5.75 Å². The summed E-state index contributed by atoms with van der Waals surface area (Å²) < 4.78 is 45.7. The lowest BCUT2D eigenvalue weighted by atomic mass is 10.2. The maximum Gasteiger partial charge on any atom is 0.404 e. The van der Waals surface area contributed by atoms with Crippen LogP contribution in [0.2, 0.25) is 0 Å². The summed E-state index contributed by atoms with van der Waals surface area (Å²) in [4.78, 5) is 10.3. The number of hydrogen-bond donors (Lipinski definition) is 3. The minimum Gasteiger partial charge on any atom is -0.448 e. The first-order valence-corrected chi connectivity index (χ1v) is 5.10. The van der Waals surface area contributed by atoms with Crippen LogP contribution >= 0.6 is 0 Å². The molecule has 0 bridgehead atoms. The minimum atomic E-state index is -3.15. The van der Waals surface area contributed by atoms with Crippen molar-refractivity contribution >= 4 is 17.5 Å². The molecule has 0 spiro atoms. The van der Waals surface area contributed by atoms with Crippen molar-refractivity contribution in [2.24, 2.45) is 5.73 Å². The molecular formula is C10H12F3N3O3. The van der Waals surface area contributed by atoms with Crippen LogP contribution in [0.1, 0.15) is 0 Å². The molecule has 0 fully saturated rings. The molecule has 5 N–H and O–H groups in total. The Balaban J connectivity index is 2.69. The lowest BCUT2D eigenvalue weighted by Gasteiger charge is -2.12. The van der Waals surface area contributed by atoms with E-state index >= 15 is 0 Å². The van der Waals surface area contributed by atoms with Crippen molar-refractivity contribution < 1.29 is 27.4 Å². The van der Waals surface area contributed by atoms with Gasteiger partial charge in [-0.2, -0.15) is 8.78 Å². The van der Waals surface area contributed by atoms with Gasteiger partial charge in [-0.05, 0) is 0 Å². The zero-order chi connectivity index (χ0) is 14.4. The topological polar surface area (TPSA) is 99.6 Å². The highest BCUT2D eigenvalue weighted by molar-refractivity contribution is 5.68. The maximum absolute atomic E-state index is 13.2. The van der Waals surface area contributed by atoms with E-state index in [2.05, 4.69) is 14.8 Å². The molecule has 0 unspecified atom stereocenters. The number of carbonyl (C=O) groups is 1. The molecule has 0 saturated carbocycles. The van der Waals surface area contributed by atoms with E-state index in [0.29, 0.717) is 0 Å². The standard InChI is InChI=1S/C10H12F3N3O3/c11-5-3-6(14)7(4-8(5)19-9(12)13)16-1-2-18-10(15)17/h3-4,9,16H,1-2,14H2,(H2,15,17). The molecule has 106 valence electrons. The number of anilines is 2. The number of halogens is 3. The van der Waals surface area contributed by atoms with Gasteiger partial charge < -0.3 is 26.3 Å². The van der Waals surface area contributed by atoms with Crippen molar-refractivity contribution in [1.82, 2.24) is 0 Å². The Bertz CT molecular complexity index is 457. The third-order valence-corrected chi connectivity index (χ3v) is 1.98. The number of nitrogen functional groups attached to an aromatic ring is 1. The number of hydrogen-bond acceptors (Lipinski definition) is 5. The van der Waals surface area contributed by atoms with E-state index in [9.17, 15) is 18.0 Å². The van der Waals surface area contributed by atoms with Crippen LogP contribution in [0.25, 0.3) is 0 Å². The molecule has 1 amide bonds. The SMILES string of the molecule is NC(=O)OCCNc1cc(OC(F)F)c(F)cc1N. The first-order chi connectivity index (χ1) is 8.90. The fraction of sp³-hybridized carbons (Fsp3) is 0.300. The van der Waals surface area contributed by atoms with Gasteiger partial charge >= 0.3 is 12.7 Å². The highest BCUT2D eigenvalue weighted by atomic mass is 19.3. The fourth-order valence-electron chi connectivity index (χ4n) is 1.25. The van der Waals surface area contributed by atoms with Crippen LogP contribution < -0.4 is 21.5 Å². The molecule has 6 nitrogen and oxygen atoms in total. The first kappa shape index (κ1) is 14.7. The number of nitrogens with two attached hydrogens (primary N) is 2. The summed E-state index contributed by atoms with van der Waals surface area (Å²) in [5.74, 6) is -1.64. The molecule has 0 aliphatic heterocycles. The van der Waals surface area contributed by atoms with Crippen molar-refractivity contribution in [2.75, 3.05) is 24.2 Å². The monoisotopic (exact) mass is 279 g/mol. The lowest BCUT2D eigenvalue weighted by Crippen LogP contribution is -2.18. The summed E-state index contributed by atoms with van der Waals surface area (Å²) in [6.07, 6.45) is -0.949. The van der Waals surface area contributed by atoms with Gasteiger partial charge in [-0.3, -0.25) is 0 Å². The van der Waals surface area contributed by atoms with Crippen LogP contribution in [0.15, 0.2) is 12.1 Å². The Kier molecular flexibility index (Phi) is 5.10. The molecule has 9 heteroatoms. The summed E-state index contributed by atoms with van der Waals surface area (Å²) >= 11 is 0. The molecule has 1 aromatic rings. The van der Waals surface area contributed by atoms with Gasteiger partial charge in [-0.15, -0.1) is 0 Å². The van der Waals surface area contributed by atoms with Crippen LogP contribution in [-0.2, 0) is 4.74 Å². The van der Waals surface area contributed by atoms with Gasteiger partial charge in [0.25, 0.3) is 0 Å². The predicted molar refractivity (Wildman–Crippen MR) is 61.5 cm³/mol. The van der Waals surface area contributed by atoms with Gasteiger partial charge in [-0.1, -0.05) is 0 Å². The summed E-state index contributed by atoms with van der Waals surface area (Å²) in [6.45, 7) is -3.09. The summed E-state index contributed by atoms with van der Waals surface area (Å²) in [5, 5.41) is 2.66. The molecule has 0 aliphatic carbocycles. The number of carbonyl (C=O) groups excluding carboxylic acids is 1. The Morgan fingerprint density at radius 3 is 2.68 bits per heavy atom. The second-order valence-corrected chi connectivity index (χ2v) is 3.34. The molecule has 1 aromatic carbocycles. The van der Waals surface area contributed by atoms with Crippen LogP contribution in [0, 0.1) is 5.82 Å². The highest BCUT2D eigenvalue weighted by Gasteiger charge is 2.13. The van der Waals surface area contributed by atoms with Crippen LogP contribution in [0.5, 0.6) is 5.75 Å². The van der Waals surface area contributed by atoms with Crippen molar-refractivity contribution in [3.05, 3.63) is 17.9 Å². The molecule has 0 saturated heterocycles. The zero-order valence-electron chi connectivity index (χ0n) is 9.66.